The first-order chi connectivity index (χ1) is 10.7. The van der Waals surface area contributed by atoms with Gasteiger partial charge in [-0.05, 0) is 37.0 Å². The summed E-state index contributed by atoms with van der Waals surface area (Å²) in [4.78, 5) is 0. The fourth-order valence-corrected chi connectivity index (χ4v) is 3.37. The molecule has 0 radical (unpaired) electrons. The minimum Gasteiger partial charge on any atom is -0.508 e. The van der Waals surface area contributed by atoms with Crippen molar-refractivity contribution in [1.29, 1.82) is 0 Å². The Morgan fingerprint density at radius 1 is 1.00 bits per heavy atom. The summed E-state index contributed by atoms with van der Waals surface area (Å²) in [5, 5.41) is 13.9. The van der Waals surface area contributed by atoms with E-state index in [1.807, 2.05) is 24.3 Å². The maximum Gasteiger partial charge on any atom is 0.120 e. The molecular formula is C20H23NO. The molecule has 0 aromatic heterocycles. The van der Waals surface area contributed by atoms with Crippen LogP contribution in [0.5, 0.6) is 5.75 Å². The summed E-state index contributed by atoms with van der Waals surface area (Å²) >= 11 is 0. The van der Waals surface area contributed by atoms with Gasteiger partial charge in [0.2, 0.25) is 0 Å². The molecule has 0 aliphatic carbocycles. The topological polar surface area (TPSA) is 32.3 Å². The van der Waals surface area contributed by atoms with Crippen molar-refractivity contribution in [3.8, 4) is 5.75 Å². The summed E-state index contributed by atoms with van der Waals surface area (Å²) in [6.07, 6.45) is 1.99. The highest BCUT2D eigenvalue weighted by Crippen LogP contribution is 2.38. The third-order valence-electron chi connectivity index (χ3n) is 4.64. The summed E-state index contributed by atoms with van der Waals surface area (Å²) in [6.45, 7) is 4.42. The van der Waals surface area contributed by atoms with Crippen LogP contribution in [0.25, 0.3) is 0 Å². The van der Waals surface area contributed by atoms with E-state index >= 15 is 0 Å². The maximum absolute atomic E-state index is 10.2. The van der Waals surface area contributed by atoms with Gasteiger partial charge in [0.15, 0.2) is 0 Å². The van der Waals surface area contributed by atoms with Gasteiger partial charge >= 0.3 is 0 Å². The highest BCUT2D eigenvalue weighted by Gasteiger charge is 2.31. The number of nitrogens with one attached hydrogen (secondary N) is 1. The molecule has 2 unspecified atom stereocenters. The van der Waals surface area contributed by atoms with E-state index in [-0.39, 0.29) is 6.04 Å². The lowest BCUT2D eigenvalue weighted by Crippen LogP contribution is -2.26. The molecule has 3 rings (SSSR count). The zero-order valence-electron chi connectivity index (χ0n) is 13.2. The monoisotopic (exact) mass is 293 g/mol. The molecule has 0 bridgehead atoms. The van der Waals surface area contributed by atoms with Crippen LogP contribution in [0.15, 0.2) is 65.7 Å². The van der Waals surface area contributed by atoms with Gasteiger partial charge in [-0.25, -0.2) is 0 Å². The summed E-state index contributed by atoms with van der Waals surface area (Å²) in [7, 11) is 0. The maximum atomic E-state index is 10.2. The van der Waals surface area contributed by atoms with Crippen LogP contribution in [0.4, 0.5) is 0 Å². The first-order valence-electron chi connectivity index (χ1n) is 7.98. The lowest BCUT2D eigenvalue weighted by molar-refractivity contribution is 0.454. The molecule has 1 aliphatic rings. The van der Waals surface area contributed by atoms with Gasteiger partial charge in [-0.1, -0.05) is 61.0 Å². The van der Waals surface area contributed by atoms with Gasteiger partial charge in [0, 0.05) is 11.6 Å². The van der Waals surface area contributed by atoms with Crippen molar-refractivity contribution in [1.82, 2.24) is 5.32 Å². The molecular weight excluding hydrogens is 270 g/mol. The Bertz CT molecular complexity index is 675. The smallest absolute Gasteiger partial charge is 0.120 e. The first kappa shape index (κ1) is 14.9. The van der Waals surface area contributed by atoms with Crippen LogP contribution in [-0.4, -0.2) is 11.1 Å². The zero-order chi connectivity index (χ0) is 15.5. The number of para-hydroxylation sites is 1. The molecule has 1 heterocycles. The van der Waals surface area contributed by atoms with Crippen LogP contribution >= 0.6 is 0 Å². The number of rotatable bonds is 4. The number of phenolic OH excluding ortho intramolecular Hbond substituents is 1. The van der Waals surface area contributed by atoms with Crippen molar-refractivity contribution in [3.05, 3.63) is 76.9 Å². The molecule has 0 saturated carbocycles. The minimum atomic E-state index is 0.103. The average molecular weight is 293 g/mol. The van der Waals surface area contributed by atoms with Crippen LogP contribution in [0, 0.1) is 0 Å². The van der Waals surface area contributed by atoms with Gasteiger partial charge in [0.25, 0.3) is 0 Å². The summed E-state index contributed by atoms with van der Waals surface area (Å²) in [5.41, 5.74) is 5.10. The summed E-state index contributed by atoms with van der Waals surface area (Å²) in [6, 6.07) is 18.7. The number of hydrogen-bond donors (Lipinski definition) is 2. The van der Waals surface area contributed by atoms with Crippen LogP contribution < -0.4 is 5.32 Å². The number of phenols is 1. The lowest BCUT2D eigenvalue weighted by Gasteiger charge is -2.19. The molecule has 0 spiro atoms. The van der Waals surface area contributed by atoms with E-state index in [1.54, 1.807) is 6.07 Å². The quantitative estimate of drug-likeness (QED) is 0.820. The highest BCUT2D eigenvalue weighted by atomic mass is 16.3. The van der Waals surface area contributed by atoms with Gasteiger partial charge in [-0.15, -0.1) is 0 Å². The first-order valence-corrected chi connectivity index (χ1v) is 7.98. The molecule has 2 aromatic rings. The number of hydrogen-bond acceptors (Lipinski definition) is 2. The predicted octanol–water partition coefficient (Wildman–Crippen LogP) is 4.37. The largest absolute Gasteiger partial charge is 0.508 e. The Morgan fingerprint density at radius 2 is 1.68 bits per heavy atom. The molecule has 2 atom stereocenters. The number of benzene rings is 2. The van der Waals surface area contributed by atoms with E-state index in [9.17, 15) is 5.11 Å². The highest BCUT2D eigenvalue weighted by molar-refractivity contribution is 5.45. The molecule has 0 amide bonds. The fraction of sp³-hybridized carbons (Fsp3) is 0.300. The molecule has 0 saturated heterocycles. The Balaban J connectivity index is 1.97. The van der Waals surface area contributed by atoms with Gasteiger partial charge in [0.1, 0.15) is 5.75 Å². The summed E-state index contributed by atoms with van der Waals surface area (Å²) < 4.78 is 0. The normalized spacial score (nSPS) is 21.4. The van der Waals surface area contributed by atoms with Crippen molar-refractivity contribution in [3.63, 3.8) is 0 Å². The molecule has 2 aromatic carbocycles. The molecule has 114 valence electrons. The third kappa shape index (κ3) is 2.79. The summed E-state index contributed by atoms with van der Waals surface area (Å²) in [5.74, 6) is 0.370. The third-order valence-corrected chi connectivity index (χ3v) is 4.64. The Hall–Kier alpha value is -2.06. The molecule has 0 fully saturated rings. The van der Waals surface area contributed by atoms with E-state index in [0.29, 0.717) is 11.8 Å². The van der Waals surface area contributed by atoms with E-state index < -0.39 is 0 Å². The Kier molecular flexibility index (Phi) is 4.30. The van der Waals surface area contributed by atoms with Crippen molar-refractivity contribution in [2.45, 2.75) is 38.8 Å². The van der Waals surface area contributed by atoms with E-state index in [1.165, 1.54) is 16.7 Å². The van der Waals surface area contributed by atoms with E-state index in [4.69, 9.17) is 0 Å². The molecule has 1 aliphatic heterocycles. The fourth-order valence-electron chi connectivity index (χ4n) is 3.37. The van der Waals surface area contributed by atoms with E-state index in [0.717, 1.165) is 18.4 Å². The Morgan fingerprint density at radius 3 is 2.36 bits per heavy atom. The second-order valence-corrected chi connectivity index (χ2v) is 5.99. The van der Waals surface area contributed by atoms with Crippen molar-refractivity contribution < 1.29 is 5.11 Å². The predicted molar refractivity (Wildman–Crippen MR) is 90.9 cm³/mol. The molecule has 22 heavy (non-hydrogen) atoms. The zero-order valence-corrected chi connectivity index (χ0v) is 13.2. The standard InChI is InChI=1S/C20H23NO/c1-3-18-14(2)17(13-15-9-5-4-6-10-15)20(21-18)16-11-7-8-12-19(16)22/h4-12,18,20-22H,3,13H2,1-2H3. The second-order valence-electron chi connectivity index (χ2n) is 5.99. The van der Waals surface area contributed by atoms with Crippen LogP contribution in [0.2, 0.25) is 0 Å². The van der Waals surface area contributed by atoms with Crippen molar-refractivity contribution in [2.24, 2.45) is 0 Å². The SMILES string of the molecule is CCC1NC(c2ccccc2O)C(Cc2ccccc2)=C1C. The van der Waals surface area contributed by atoms with Crippen molar-refractivity contribution in [2.75, 3.05) is 0 Å². The lowest BCUT2D eigenvalue weighted by atomic mass is 9.92. The van der Waals surface area contributed by atoms with Gasteiger partial charge in [0.05, 0.1) is 6.04 Å². The van der Waals surface area contributed by atoms with Crippen LogP contribution in [0.1, 0.15) is 37.4 Å². The van der Waals surface area contributed by atoms with Gasteiger partial charge < -0.3 is 5.11 Å². The minimum absolute atomic E-state index is 0.103. The molecule has 2 nitrogen and oxygen atoms in total. The second kappa shape index (κ2) is 6.37. The van der Waals surface area contributed by atoms with Crippen LogP contribution in [-0.2, 0) is 6.42 Å². The average Bonchev–Trinajstić information content (AvgIpc) is 2.85. The van der Waals surface area contributed by atoms with Crippen LogP contribution in [0.3, 0.4) is 0 Å². The number of aromatic hydroxyl groups is 1. The van der Waals surface area contributed by atoms with Gasteiger partial charge in [-0.3, -0.25) is 5.32 Å². The Labute approximate surface area is 132 Å². The van der Waals surface area contributed by atoms with E-state index in [2.05, 4.69) is 43.4 Å². The molecule has 2 N–H and O–H groups in total. The van der Waals surface area contributed by atoms with Gasteiger partial charge in [-0.2, -0.15) is 0 Å². The van der Waals surface area contributed by atoms with Crippen molar-refractivity contribution >= 4 is 0 Å². The molecule has 2 heteroatoms.